The van der Waals surface area contributed by atoms with Crippen LogP contribution in [0.15, 0.2) is 0 Å². The first-order chi connectivity index (χ1) is 12.4. The van der Waals surface area contributed by atoms with Gasteiger partial charge in [0.1, 0.15) is 5.78 Å². The Labute approximate surface area is 153 Å². The van der Waals surface area contributed by atoms with Gasteiger partial charge in [-0.15, -0.1) is 0 Å². The molecule has 0 radical (unpaired) electrons. The van der Waals surface area contributed by atoms with Crippen molar-refractivity contribution >= 4 is 23.7 Å². The summed E-state index contributed by atoms with van der Waals surface area (Å²) in [6.07, 6.45) is 8.46. The lowest BCUT2D eigenvalue weighted by Gasteiger charge is -2.23. The quantitative estimate of drug-likeness (QED) is 0.451. The van der Waals surface area contributed by atoms with Gasteiger partial charge in [0.15, 0.2) is 12.0 Å². The number of aliphatic carboxylic acids is 2. The molecular formula is C18H29NO7. The summed E-state index contributed by atoms with van der Waals surface area (Å²) >= 11 is 0. The number of Topliss-reactive ketones (excluding diaryl/α,β-unsaturated/α-hetero) is 1. The SMILES string of the molecule is CCOC(=O)C1CCC[NH+]1CCC(=O)C1CCCCC1.O=C([O-])C(=O)O. The molecule has 148 valence electrons. The normalized spacial score (nSPS) is 22.8. The van der Waals surface area contributed by atoms with Crippen molar-refractivity contribution in [2.24, 2.45) is 5.92 Å². The highest BCUT2D eigenvalue weighted by atomic mass is 16.5. The molecule has 0 amide bonds. The molecular weight excluding hydrogens is 342 g/mol. The zero-order valence-electron chi connectivity index (χ0n) is 15.3. The van der Waals surface area contributed by atoms with Gasteiger partial charge in [-0.25, -0.2) is 9.59 Å². The van der Waals surface area contributed by atoms with Gasteiger partial charge in [0.25, 0.3) is 0 Å². The van der Waals surface area contributed by atoms with Gasteiger partial charge in [-0.3, -0.25) is 4.79 Å². The topological polar surface area (TPSA) is 125 Å². The number of carbonyl (C=O) groups excluding carboxylic acids is 3. The van der Waals surface area contributed by atoms with Crippen molar-refractivity contribution in [2.45, 2.75) is 64.3 Å². The molecule has 2 rings (SSSR count). The maximum Gasteiger partial charge on any atom is 0.364 e. The van der Waals surface area contributed by atoms with Crippen LogP contribution in [0.5, 0.6) is 0 Å². The number of carboxylic acids is 2. The van der Waals surface area contributed by atoms with Gasteiger partial charge in [-0.05, 0) is 19.8 Å². The predicted molar refractivity (Wildman–Crippen MR) is 89.2 cm³/mol. The molecule has 1 aliphatic carbocycles. The molecule has 2 N–H and O–H groups in total. The summed E-state index contributed by atoms with van der Waals surface area (Å²) < 4.78 is 5.13. The zero-order chi connectivity index (χ0) is 19.5. The molecule has 0 aromatic carbocycles. The summed E-state index contributed by atoms with van der Waals surface area (Å²) in [5, 5.41) is 16.3. The lowest BCUT2D eigenvalue weighted by atomic mass is 9.85. The average Bonchev–Trinajstić information content (AvgIpc) is 3.09. The number of rotatable bonds is 6. The van der Waals surface area contributed by atoms with E-state index in [2.05, 4.69) is 0 Å². The Kier molecular flexibility index (Phi) is 9.87. The molecule has 2 atom stereocenters. The average molecular weight is 371 g/mol. The fourth-order valence-electron chi connectivity index (χ4n) is 3.65. The van der Waals surface area contributed by atoms with Crippen molar-refractivity contribution in [1.82, 2.24) is 0 Å². The van der Waals surface area contributed by atoms with Gasteiger partial charge < -0.3 is 24.6 Å². The second-order valence-corrected chi connectivity index (χ2v) is 6.75. The van der Waals surface area contributed by atoms with Crippen LogP contribution < -0.4 is 10.0 Å². The van der Waals surface area contributed by atoms with Gasteiger partial charge in [-0.2, -0.15) is 0 Å². The van der Waals surface area contributed by atoms with Crippen molar-refractivity contribution in [3.05, 3.63) is 0 Å². The highest BCUT2D eigenvalue weighted by Gasteiger charge is 2.36. The molecule has 2 fully saturated rings. The van der Waals surface area contributed by atoms with Crippen LogP contribution in [0.1, 0.15) is 58.3 Å². The summed E-state index contributed by atoms with van der Waals surface area (Å²) in [5.41, 5.74) is 0. The molecule has 0 aromatic rings. The molecule has 1 saturated carbocycles. The third kappa shape index (κ3) is 7.51. The van der Waals surface area contributed by atoms with E-state index >= 15 is 0 Å². The Morgan fingerprint density at radius 2 is 1.69 bits per heavy atom. The first-order valence-corrected chi connectivity index (χ1v) is 9.35. The smallest absolute Gasteiger partial charge is 0.364 e. The van der Waals surface area contributed by atoms with Gasteiger partial charge in [0, 0.05) is 18.8 Å². The molecule has 0 aromatic heterocycles. The molecule has 1 heterocycles. The monoisotopic (exact) mass is 371 g/mol. The standard InChI is InChI=1S/C16H27NO3.C2H2O4/c1-2-20-16(19)14-9-6-11-17(14)12-10-15(18)13-7-4-3-5-8-13;3-1(4)2(5)6/h13-14H,2-12H2,1H3;(H,3,4)(H,5,6). The Bertz CT molecular complexity index is 488. The van der Waals surface area contributed by atoms with E-state index in [9.17, 15) is 9.59 Å². The van der Waals surface area contributed by atoms with Crippen LogP contribution in [0.25, 0.3) is 0 Å². The lowest BCUT2D eigenvalue weighted by molar-refractivity contribution is -0.903. The van der Waals surface area contributed by atoms with Crippen LogP contribution in [0.3, 0.4) is 0 Å². The van der Waals surface area contributed by atoms with E-state index in [1.165, 1.54) is 24.2 Å². The molecule has 2 unspecified atom stereocenters. The predicted octanol–water partition coefficient (Wildman–Crippen LogP) is -1.04. The Hall–Kier alpha value is -1.96. The number of carboxylic acid groups (broad SMARTS) is 2. The van der Waals surface area contributed by atoms with Gasteiger partial charge in [0.2, 0.25) is 0 Å². The number of hydrogen-bond acceptors (Lipinski definition) is 6. The largest absolute Gasteiger partial charge is 0.539 e. The highest BCUT2D eigenvalue weighted by Crippen LogP contribution is 2.24. The van der Waals surface area contributed by atoms with Crippen LogP contribution in [-0.4, -0.2) is 54.5 Å². The number of hydrogen-bond donors (Lipinski definition) is 2. The Morgan fingerprint density at radius 1 is 1.08 bits per heavy atom. The number of quaternary nitrogens is 1. The number of nitrogens with one attached hydrogen (secondary N) is 1. The summed E-state index contributed by atoms with van der Waals surface area (Å²) in [6.45, 7) is 4.10. The van der Waals surface area contributed by atoms with E-state index in [1.807, 2.05) is 6.92 Å². The summed E-state index contributed by atoms with van der Waals surface area (Å²) in [4.78, 5) is 43.4. The van der Waals surface area contributed by atoms with Crippen LogP contribution in [0.4, 0.5) is 0 Å². The zero-order valence-corrected chi connectivity index (χ0v) is 15.3. The van der Waals surface area contributed by atoms with E-state index in [-0.39, 0.29) is 12.0 Å². The molecule has 1 aliphatic heterocycles. The van der Waals surface area contributed by atoms with Crippen molar-refractivity contribution in [2.75, 3.05) is 19.7 Å². The first kappa shape index (κ1) is 22.1. The molecule has 8 heteroatoms. The van der Waals surface area contributed by atoms with E-state index in [0.717, 1.165) is 38.8 Å². The summed E-state index contributed by atoms with van der Waals surface area (Å²) in [6, 6.07) is -0.0332. The van der Waals surface area contributed by atoms with Crippen LogP contribution in [0.2, 0.25) is 0 Å². The van der Waals surface area contributed by atoms with E-state index in [1.54, 1.807) is 0 Å². The van der Waals surface area contributed by atoms with E-state index < -0.39 is 11.9 Å². The number of ether oxygens (including phenoxy) is 1. The van der Waals surface area contributed by atoms with Crippen LogP contribution in [0, 0.1) is 5.92 Å². The van der Waals surface area contributed by atoms with E-state index in [4.69, 9.17) is 24.5 Å². The van der Waals surface area contributed by atoms with Crippen molar-refractivity contribution in [3.8, 4) is 0 Å². The van der Waals surface area contributed by atoms with Crippen molar-refractivity contribution in [1.29, 1.82) is 0 Å². The number of ketones is 1. The number of carbonyl (C=O) groups is 4. The second kappa shape index (κ2) is 11.6. The Morgan fingerprint density at radius 3 is 2.23 bits per heavy atom. The fraction of sp³-hybridized carbons (Fsp3) is 0.778. The molecule has 26 heavy (non-hydrogen) atoms. The maximum atomic E-state index is 12.2. The molecule has 0 bridgehead atoms. The third-order valence-corrected chi connectivity index (χ3v) is 4.98. The van der Waals surface area contributed by atoms with Crippen molar-refractivity contribution < 1.29 is 39.0 Å². The minimum atomic E-state index is -2.07. The summed E-state index contributed by atoms with van der Waals surface area (Å²) in [5.74, 6) is -3.37. The van der Waals surface area contributed by atoms with E-state index in [0.29, 0.717) is 24.7 Å². The lowest BCUT2D eigenvalue weighted by Crippen LogP contribution is -3.14. The van der Waals surface area contributed by atoms with Gasteiger partial charge >= 0.3 is 11.9 Å². The molecule has 0 spiro atoms. The Balaban J connectivity index is 0.000000487. The number of likely N-dealkylation sites (tertiary alicyclic amines) is 1. The highest BCUT2D eigenvalue weighted by molar-refractivity contribution is 6.26. The van der Waals surface area contributed by atoms with Gasteiger partial charge in [0.05, 0.1) is 26.1 Å². The van der Waals surface area contributed by atoms with Crippen LogP contribution in [-0.2, 0) is 23.9 Å². The summed E-state index contributed by atoms with van der Waals surface area (Å²) in [7, 11) is 0. The minimum Gasteiger partial charge on any atom is -0.539 e. The first-order valence-electron chi connectivity index (χ1n) is 9.35. The molecule has 8 nitrogen and oxygen atoms in total. The molecule has 2 aliphatic rings. The van der Waals surface area contributed by atoms with Crippen molar-refractivity contribution in [3.63, 3.8) is 0 Å². The fourth-order valence-corrected chi connectivity index (χ4v) is 3.65. The van der Waals surface area contributed by atoms with Crippen LogP contribution >= 0.6 is 0 Å². The molecule has 1 saturated heterocycles. The maximum absolute atomic E-state index is 12.2. The third-order valence-electron chi connectivity index (χ3n) is 4.98. The minimum absolute atomic E-state index is 0.0332. The second-order valence-electron chi connectivity index (χ2n) is 6.75. The number of esters is 1. The van der Waals surface area contributed by atoms with Gasteiger partial charge in [-0.1, -0.05) is 19.3 Å².